The van der Waals surface area contributed by atoms with Gasteiger partial charge in [0.2, 0.25) is 0 Å². The molecule has 42 heavy (non-hydrogen) atoms. The van der Waals surface area contributed by atoms with Crippen molar-refractivity contribution in [1.82, 2.24) is 19.4 Å². The fourth-order valence-corrected chi connectivity index (χ4v) is 4.88. The zero-order chi connectivity index (χ0) is 31.1. The minimum absolute atomic E-state index is 0.0127. The Labute approximate surface area is 247 Å². The number of halogens is 1. The average Bonchev–Trinajstić information content (AvgIpc) is 3.59. The number of carbonyl (C=O) groups is 1. The number of fused-ring (bicyclic) bond motifs is 1. The Morgan fingerprint density at radius 3 is 2.43 bits per heavy atom. The highest BCUT2D eigenvalue weighted by Crippen LogP contribution is 2.34. The van der Waals surface area contributed by atoms with Gasteiger partial charge in [-0.15, -0.1) is 0 Å². The Balaban J connectivity index is 0.00000116. The van der Waals surface area contributed by atoms with Gasteiger partial charge in [0.15, 0.2) is 0 Å². The van der Waals surface area contributed by atoms with E-state index in [9.17, 15) is 9.18 Å². The lowest BCUT2D eigenvalue weighted by Crippen LogP contribution is -2.25. The fourth-order valence-electron chi connectivity index (χ4n) is 4.88. The maximum Gasteiger partial charge on any atom is 0.260 e. The number of amides is 1. The number of nitrogens with one attached hydrogen (secondary N) is 2. The van der Waals surface area contributed by atoms with Crippen LogP contribution in [0.15, 0.2) is 60.9 Å². The molecule has 0 bridgehead atoms. The van der Waals surface area contributed by atoms with E-state index in [1.54, 1.807) is 30.3 Å². The number of rotatable bonds is 6. The summed E-state index contributed by atoms with van der Waals surface area (Å²) in [6.45, 7) is 12.4. The maximum atomic E-state index is 14.1. The Morgan fingerprint density at radius 1 is 1.07 bits per heavy atom. The molecule has 0 saturated carbocycles. The van der Waals surface area contributed by atoms with Crippen LogP contribution in [0.4, 0.5) is 10.2 Å². The van der Waals surface area contributed by atoms with Crippen LogP contribution in [0.2, 0.25) is 0 Å². The van der Waals surface area contributed by atoms with Crippen LogP contribution in [0.25, 0.3) is 11.1 Å². The molecular formula is C33H40FN7O. The number of pyridine rings is 1. The van der Waals surface area contributed by atoms with Gasteiger partial charge in [-0.25, -0.2) is 14.4 Å². The second kappa shape index (κ2) is 13.8. The molecule has 3 heterocycles. The van der Waals surface area contributed by atoms with Gasteiger partial charge in [-0.2, -0.15) is 0 Å². The molecule has 0 spiro atoms. The summed E-state index contributed by atoms with van der Waals surface area (Å²) in [6.07, 6.45) is 4.69. The van der Waals surface area contributed by atoms with E-state index in [1.165, 1.54) is 17.0 Å². The number of benzene rings is 2. The molecular weight excluding hydrogens is 529 g/mol. The van der Waals surface area contributed by atoms with Crippen LogP contribution in [-0.2, 0) is 13.6 Å². The minimum Gasteiger partial charge on any atom is -0.338 e. The number of aromatic nitrogens is 3. The smallest absolute Gasteiger partial charge is 0.260 e. The van der Waals surface area contributed by atoms with Crippen molar-refractivity contribution in [3.05, 3.63) is 101 Å². The van der Waals surface area contributed by atoms with Crippen LogP contribution in [0.1, 0.15) is 79.1 Å². The third-order valence-electron chi connectivity index (χ3n) is 6.99. The summed E-state index contributed by atoms with van der Waals surface area (Å²) >= 11 is 0. The first-order valence-corrected chi connectivity index (χ1v) is 14.2. The van der Waals surface area contributed by atoms with Crippen molar-refractivity contribution in [3.8, 4) is 11.1 Å². The zero-order valence-corrected chi connectivity index (χ0v) is 25.7. The van der Waals surface area contributed by atoms with E-state index in [4.69, 9.17) is 10.8 Å². The molecule has 4 aromatic rings. The third-order valence-corrected chi connectivity index (χ3v) is 6.99. The summed E-state index contributed by atoms with van der Waals surface area (Å²) < 4.78 is 16.1. The van der Waals surface area contributed by atoms with Crippen molar-refractivity contribution in [2.75, 3.05) is 11.9 Å². The summed E-state index contributed by atoms with van der Waals surface area (Å²) in [5.41, 5.74) is 4.90. The normalized spacial score (nSPS) is 12.4. The van der Waals surface area contributed by atoms with Crippen molar-refractivity contribution in [1.29, 1.82) is 10.8 Å². The zero-order valence-electron chi connectivity index (χ0n) is 25.7. The number of anilines is 1. The number of nitrogens with zero attached hydrogens (tertiary/aromatic N) is 5. The average molecular weight is 570 g/mol. The molecule has 1 aliphatic rings. The first kappa shape index (κ1) is 31.9. The minimum atomic E-state index is -0.476. The molecule has 0 fully saturated rings. The molecule has 2 aromatic heterocycles. The molecule has 2 aromatic carbocycles. The van der Waals surface area contributed by atoms with Crippen LogP contribution in [-0.4, -0.2) is 44.6 Å². The molecule has 5 rings (SSSR count). The van der Waals surface area contributed by atoms with Gasteiger partial charge in [-0.3, -0.25) is 20.5 Å². The molecule has 2 N–H and O–H groups in total. The Kier molecular flexibility index (Phi) is 10.5. The number of hydrogen-bond acceptors (Lipinski definition) is 5. The van der Waals surface area contributed by atoms with Gasteiger partial charge < -0.3 is 9.47 Å². The van der Waals surface area contributed by atoms with Gasteiger partial charge >= 0.3 is 0 Å². The van der Waals surface area contributed by atoms with Crippen molar-refractivity contribution in [3.63, 3.8) is 0 Å². The van der Waals surface area contributed by atoms with Crippen molar-refractivity contribution >= 4 is 23.9 Å². The first-order valence-electron chi connectivity index (χ1n) is 14.2. The van der Waals surface area contributed by atoms with Gasteiger partial charge in [0.05, 0.1) is 12.9 Å². The lowest BCUT2D eigenvalue weighted by atomic mass is 9.95. The maximum absolute atomic E-state index is 14.1. The third kappa shape index (κ3) is 6.30. The quantitative estimate of drug-likeness (QED) is 0.190. The molecule has 8 nitrogen and oxygen atoms in total. The van der Waals surface area contributed by atoms with E-state index in [2.05, 4.69) is 16.9 Å². The first-order chi connectivity index (χ1) is 20.2. The van der Waals surface area contributed by atoms with Crippen molar-refractivity contribution in [2.45, 2.75) is 54.0 Å². The summed E-state index contributed by atoms with van der Waals surface area (Å²) in [6, 6.07) is 13.7. The van der Waals surface area contributed by atoms with E-state index < -0.39 is 5.82 Å². The highest BCUT2D eigenvalue weighted by atomic mass is 19.1. The van der Waals surface area contributed by atoms with Gasteiger partial charge in [-0.1, -0.05) is 52.8 Å². The molecule has 1 unspecified atom stereocenters. The number of amidine groups is 1. The monoisotopic (exact) mass is 569 g/mol. The summed E-state index contributed by atoms with van der Waals surface area (Å²) in [4.78, 5) is 25.7. The van der Waals surface area contributed by atoms with Crippen LogP contribution >= 0.6 is 0 Å². The van der Waals surface area contributed by atoms with E-state index in [-0.39, 0.29) is 17.7 Å². The highest BCUT2D eigenvalue weighted by molar-refractivity contribution is 6.11. The number of hydrogen-bond donors (Lipinski definition) is 2. The van der Waals surface area contributed by atoms with Gasteiger partial charge in [0.25, 0.3) is 5.91 Å². The van der Waals surface area contributed by atoms with Crippen molar-refractivity contribution < 1.29 is 9.18 Å². The Bertz CT molecular complexity index is 1590. The van der Waals surface area contributed by atoms with Gasteiger partial charge in [0.1, 0.15) is 23.3 Å². The summed E-state index contributed by atoms with van der Waals surface area (Å²) in [5, 5.41) is 15.9. The second-order valence-corrected chi connectivity index (χ2v) is 9.56. The largest absolute Gasteiger partial charge is 0.338 e. The van der Waals surface area contributed by atoms with E-state index in [0.717, 1.165) is 29.0 Å². The predicted octanol–water partition coefficient (Wildman–Crippen LogP) is 7.16. The Hall–Kier alpha value is -4.66. The second-order valence-electron chi connectivity index (χ2n) is 9.56. The number of aryl methyl sites for hydroxylation is 2. The topological polar surface area (TPSA) is 102 Å². The molecule has 0 radical (unpaired) electrons. The standard InChI is InChI=1S/C29H28FN7O.2C2H6/c1-17-11-21(18(2)28-33-9-10-35(28)3)13-26(34-17)37-15-20-6-5-19(12-24(20)29(37)38)23-8-7-22(30)14-25(23)27(32)36(4)16-31;2*1-2/h5-14,16,18,31-32H,15H2,1-4H3;2*1-2H3. The molecule has 0 saturated heterocycles. The number of carbonyl (C=O) groups excluding carboxylic acids is 1. The lowest BCUT2D eigenvalue weighted by molar-refractivity contribution is 0.0996. The molecule has 220 valence electrons. The van der Waals surface area contributed by atoms with Crippen molar-refractivity contribution in [2.24, 2.45) is 7.05 Å². The number of imidazole rings is 1. The molecule has 1 aliphatic heterocycles. The molecule has 0 aliphatic carbocycles. The highest BCUT2D eigenvalue weighted by Gasteiger charge is 2.31. The SMILES string of the molecule is CC.CC.Cc1cc(C(C)c2nccn2C)cc(N2Cc3ccc(-c4ccc(F)cc4C(=N)N(C)C=N)cc3C2=O)n1. The molecule has 9 heteroatoms. The van der Waals surface area contributed by atoms with Crippen LogP contribution < -0.4 is 4.90 Å². The van der Waals surface area contributed by atoms with Crippen LogP contribution in [0.3, 0.4) is 0 Å². The molecule has 1 amide bonds. The Morgan fingerprint density at radius 2 is 1.79 bits per heavy atom. The van der Waals surface area contributed by atoms with E-state index in [1.807, 2.05) is 76.7 Å². The van der Waals surface area contributed by atoms with Crippen LogP contribution in [0, 0.1) is 23.6 Å². The summed E-state index contributed by atoms with van der Waals surface area (Å²) in [7, 11) is 3.52. The van der Waals surface area contributed by atoms with E-state index in [0.29, 0.717) is 34.6 Å². The predicted molar refractivity (Wildman–Crippen MR) is 168 cm³/mol. The fraction of sp³-hybridized carbons (Fsp3) is 0.303. The van der Waals surface area contributed by atoms with E-state index >= 15 is 0 Å². The summed E-state index contributed by atoms with van der Waals surface area (Å²) in [5.74, 6) is 0.884. The van der Waals surface area contributed by atoms with Crippen LogP contribution in [0.5, 0.6) is 0 Å². The van der Waals surface area contributed by atoms with Gasteiger partial charge in [-0.05, 0) is 59.5 Å². The van der Waals surface area contributed by atoms with Gasteiger partial charge in [0, 0.05) is 49.2 Å². The molecule has 1 atom stereocenters. The lowest BCUT2D eigenvalue weighted by Gasteiger charge is -2.19.